The summed E-state index contributed by atoms with van der Waals surface area (Å²) >= 11 is 0. The lowest BCUT2D eigenvalue weighted by Gasteiger charge is -2.51. The van der Waals surface area contributed by atoms with Gasteiger partial charge in [-0.15, -0.1) is 0 Å². The molecule has 0 radical (unpaired) electrons. The summed E-state index contributed by atoms with van der Waals surface area (Å²) in [5.41, 5.74) is 9.05. The van der Waals surface area contributed by atoms with Crippen LogP contribution in [0.25, 0.3) is 11.1 Å². The standard InChI is InChI=1S/C28H35FN4O2/c1-18-23-16-33(13-12-29)17-28(18,23)21-4-2-19(3-5-21)20-14-22(24(30)31-15-20)25(34)32-26-6-9-27(35,10-7-26)11-8-26/h2-5,14-15,18,23,35H,6-13,16-17H2,1H3,(H2,30,31)(H,32,34)/t18-,23+,26?,27?,28-/m0/s1. The quantitative estimate of drug-likeness (QED) is 0.589. The number of rotatable bonds is 6. The number of hydrogen-bond acceptors (Lipinski definition) is 5. The third kappa shape index (κ3) is 3.66. The van der Waals surface area contributed by atoms with Crippen LogP contribution in [0, 0.1) is 11.8 Å². The van der Waals surface area contributed by atoms with Crippen LogP contribution in [0.4, 0.5) is 10.2 Å². The van der Waals surface area contributed by atoms with Gasteiger partial charge in [-0.1, -0.05) is 31.2 Å². The van der Waals surface area contributed by atoms with Gasteiger partial charge in [0.1, 0.15) is 12.5 Å². The zero-order chi connectivity index (χ0) is 24.4. The Bertz CT molecular complexity index is 1130. The Hall–Kier alpha value is -2.51. The summed E-state index contributed by atoms with van der Waals surface area (Å²) in [6.07, 6.45) is 6.33. The summed E-state index contributed by atoms with van der Waals surface area (Å²) in [5, 5.41) is 13.7. The van der Waals surface area contributed by atoms with Gasteiger partial charge < -0.3 is 16.2 Å². The predicted molar refractivity (Wildman–Crippen MR) is 134 cm³/mol. The van der Waals surface area contributed by atoms with Crippen molar-refractivity contribution in [3.63, 3.8) is 0 Å². The predicted octanol–water partition coefficient (Wildman–Crippen LogP) is 3.69. The Morgan fingerprint density at radius 1 is 1.17 bits per heavy atom. The van der Waals surface area contributed by atoms with E-state index >= 15 is 0 Å². The average Bonchev–Trinajstić information content (AvgIpc) is 3.21. The Morgan fingerprint density at radius 3 is 2.51 bits per heavy atom. The minimum atomic E-state index is -0.541. The van der Waals surface area contributed by atoms with Crippen molar-refractivity contribution in [1.29, 1.82) is 0 Å². The number of hydrogen-bond donors (Lipinski definition) is 3. The van der Waals surface area contributed by atoms with Crippen LogP contribution in [0.1, 0.15) is 61.4 Å². The molecule has 186 valence electrons. The number of fused-ring (bicyclic) bond motifs is 4. The maximum atomic E-state index is 13.2. The molecule has 2 aromatic rings. The number of nitrogens with two attached hydrogens (primary N) is 1. The summed E-state index contributed by atoms with van der Waals surface area (Å²) in [5.74, 6) is 1.26. The van der Waals surface area contributed by atoms with Crippen LogP contribution < -0.4 is 11.1 Å². The Labute approximate surface area is 206 Å². The van der Waals surface area contributed by atoms with Gasteiger partial charge in [-0.3, -0.25) is 9.69 Å². The van der Waals surface area contributed by atoms with Crippen LogP contribution in [0.2, 0.25) is 0 Å². The summed E-state index contributed by atoms with van der Waals surface area (Å²) in [6, 6.07) is 10.4. The largest absolute Gasteiger partial charge is 0.390 e. The van der Waals surface area contributed by atoms with Crippen molar-refractivity contribution in [2.75, 3.05) is 32.0 Å². The van der Waals surface area contributed by atoms with Gasteiger partial charge in [-0.25, -0.2) is 9.37 Å². The zero-order valence-electron chi connectivity index (χ0n) is 20.4. The van der Waals surface area contributed by atoms with E-state index in [-0.39, 0.29) is 29.4 Å². The van der Waals surface area contributed by atoms with Crippen molar-refractivity contribution in [3.8, 4) is 11.1 Å². The molecule has 2 bridgehead atoms. The van der Waals surface area contributed by atoms with E-state index in [2.05, 4.69) is 46.4 Å². The highest BCUT2D eigenvalue weighted by atomic mass is 19.1. The molecule has 3 atom stereocenters. The number of halogens is 1. The lowest BCUT2D eigenvalue weighted by Crippen LogP contribution is -2.58. The van der Waals surface area contributed by atoms with Gasteiger partial charge in [0.2, 0.25) is 0 Å². The molecule has 5 aliphatic rings. The third-order valence-electron chi connectivity index (χ3n) is 9.81. The number of amides is 1. The minimum absolute atomic E-state index is 0.142. The first-order valence-corrected chi connectivity index (χ1v) is 13.0. The van der Waals surface area contributed by atoms with E-state index in [9.17, 15) is 14.3 Å². The smallest absolute Gasteiger partial charge is 0.255 e. The number of anilines is 1. The first-order chi connectivity index (χ1) is 16.8. The van der Waals surface area contributed by atoms with Crippen molar-refractivity contribution >= 4 is 11.7 Å². The maximum Gasteiger partial charge on any atom is 0.255 e. The average molecular weight is 479 g/mol. The normalized spacial score (nSPS) is 35.6. The molecular weight excluding hydrogens is 443 g/mol. The van der Waals surface area contributed by atoms with Gasteiger partial charge in [0.25, 0.3) is 5.91 Å². The zero-order valence-corrected chi connectivity index (χ0v) is 20.4. The van der Waals surface area contributed by atoms with Crippen LogP contribution >= 0.6 is 0 Å². The van der Waals surface area contributed by atoms with E-state index < -0.39 is 5.60 Å². The fourth-order valence-corrected chi connectivity index (χ4v) is 7.33. The van der Waals surface area contributed by atoms with Crippen LogP contribution in [0.5, 0.6) is 0 Å². The third-order valence-corrected chi connectivity index (χ3v) is 9.81. The van der Waals surface area contributed by atoms with Gasteiger partial charge in [0.05, 0.1) is 11.2 Å². The van der Waals surface area contributed by atoms with Crippen LogP contribution in [-0.4, -0.2) is 58.3 Å². The molecule has 7 rings (SSSR count). The van der Waals surface area contributed by atoms with Crippen LogP contribution in [0.3, 0.4) is 0 Å². The van der Waals surface area contributed by atoms with Crippen molar-refractivity contribution in [3.05, 3.63) is 47.7 Å². The topological polar surface area (TPSA) is 91.5 Å². The molecule has 4 aliphatic carbocycles. The van der Waals surface area contributed by atoms with E-state index in [1.54, 1.807) is 6.20 Å². The van der Waals surface area contributed by atoms with Crippen LogP contribution in [0.15, 0.2) is 36.5 Å². The van der Waals surface area contributed by atoms with E-state index in [1.807, 2.05) is 6.07 Å². The molecule has 4 N–H and O–H groups in total. The summed E-state index contributed by atoms with van der Waals surface area (Å²) in [7, 11) is 0. The molecule has 1 saturated heterocycles. The van der Waals surface area contributed by atoms with Crippen molar-refractivity contribution in [1.82, 2.24) is 15.2 Å². The van der Waals surface area contributed by atoms with Crippen molar-refractivity contribution in [2.24, 2.45) is 11.8 Å². The summed E-state index contributed by atoms with van der Waals surface area (Å²) < 4.78 is 12.9. The van der Waals surface area contributed by atoms with Gasteiger partial charge in [0, 0.05) is 42.3 Å². The molecule has 2 heterocycles. The molecule has 6 nitrogen and oxygen atoms in total. The molecule has 1 aromatic heterocycles. The summed E-state index contributed by atoms with van der Waals surface area (Å²) in [6.45, 7) is 4.44. The highest BCUT2D eigenvalue weighted by Crippen LogP contribution is 2.63. The van der Waals surface area contributed by atoms with Crippen LogP contribution in [-0.2, 0) is 5.41 Å². The number of likely N-dealkylation sites (tertiary alicyclic amines) is 1. The first kappa shape index (κ1) is 22.9. The first-order valence-electron chi connectivity index (χ1n) is 13.0. The maximum absolute atomic E-state index is 13.2. The number of carbonyl (C=O) groups is 1. The van der Waals surface area contributed by atoms with E-state index in [1.165, 1.54) is 5.56 Å². The number of benzene rings is 1. The van der Waals surface area contributed by atoms with Crippen molar-refractivity contribution < 1.29 is 14.3 Å². The van der Waals surface area contributed by atoms with E-state index in [0.29, 0.717) is 23.9 Å². The number of piperidine rings is 1. The number of alkyl halides is 1. The Kier molecular flexibility index (Phi) is 5.24. The minimum Gasteiger partial charge on any atom is -0.390 e. The van der Waals surface area contributed by atoms with Gasteiger partial charge >= 0.3 is 0 Å². The molecule has 1 aliphatic heterocycles. The van der Waals surface area contributed by atoms with Gasteiger partial charge in [-0.05, 0) is 67.6 Å². The fraction of sp³-hybridized carbons (Fsp3) is 0.571. The second-order valence-corrected chi connectivity index (χ2v) is 11.6. The highest BCUT2D eigenvalue weighted by Gasteiger charge is 2.66. The Balaban J connectivity index is 1.20. The van der Waals surface area contributed by atoms with E-state index in [0.717, 1.165) is 62.7 Å². The molecule has 0 spiro atoms. The monoisotopic (exact) mass is 478 g/mol. The number of nitrogens with zero attached hydrogens (tertiary/aromatic N) is 2. The number of aliphatic hydroxyl groups is 1. The molecule has 1 aromatic carbocycles. The molecule has 7 heteroatoms. The second-order valence-electron chi connectivity index (χ2n) is 11.6. The van der Waals surface area contributed by atoms with Gasteiger partial charge in [-0.2, -0.15) is 0 Å². The number of nitrogens with one attached hydrogen (secondary N) is 1. The number of pyridine rings is 1. The highest BCUT2D eigenvalue weighted by molar-refractivity contribution is 5.99. The second kappa shape index (κ2) is 8.00. The molecular formula is C28H35FN4O2. The number of aromatic nitrogens is 1. The molecule has 0 unspecified atom stereocenters. The molecule has 4 saturated carbocycles. The molecule has 1 amide bonds. The molecule has 35 heavy (non-hydrogen) atoms. The lowest BCUT2D eigenvalue weighted by atomic mass is 9.63. The number of carbonyl (C=O) groups excluding carboxylic acids is 1. The molecule has 5 fully saturated rings. The Morgan fingerprint density at radius 2 is 1.86 bits per heavy atom. The number of nitrogen functional groups attached to an aromatic ring is 1. The fourth-order valence-electron chi connectivity index (χ4n) is 7.33. The SMILES string of the molecule is C[C@H]1[C@H]2CN(CCF)C[C@]21c1ccc(-c2cnc(N)c(C(=O)NC34CCC(O)(CC3)CC4)c2)cc1. The lowest BCUT2D eigenvalue weighted by molar-refractivity contribution is -0.0702. The van der Waals surface area contributed by atoms with Gasteiger partial charge in [0.15, 0.2) is 0 Å². The van der Waals surface area contributed by atoms with Crippen molar-refractivity contribution in [2.45, 2.75) is 62.0 Å². The van der Waals surface area contributed by atoms with E-state index in [4.69, 9.17) is 5.73 Å². The summed E-state index contributed by atoms with van der Waals surface area (Å²) in [4.78, 5) is 19.8.